The van der Waals surface area contributed by atoms with Crippen LogP contribution in [0.3, 0.4) is 0 Å². The highest BCUT2D eigenvalue weighted by Gasteiger charge is 2.12. The molecule has 17 heavy (non-hydrogen) atoms. The zero-order valence-corrected chi connectivity index (χ0v) is 10.3. The number of aryl methyl sites for hydroxylation is 1. The molecule has 2 rings (SSSR count). The van der Waals surface area contributed by atoms with Crippen molar-refractivity contribution < 1.29 is 4.79 Å². The largest absolute Gasteiger partial charge is 0.366 e. The van der Waals surface area contributed by atoms with Crippen LogP contribution in [0.1, 0.15) is 41.4 Å². The highest BCUT2D eigenvalue weighted by molar-refractivity contribution is 6.06. The lowest BCUT2D eigenvalue weighted by Crippen LogP contribution is -2.12. The number of fused-ring (bicyclic) bond motifs is 1. The number of amides is 1. The highest BCUT2D eigenvalue weighted by Crippen LogP contribution is 2.26. The minimum Gasteiger partial charge on any atom is -0.366 e. The van der Waals surface area contributed by atoms with Crippen LogP contribution in [0.5, 0.6) is 0 Å². The maximum Gasteiger partial charge on any atom is 0.249 e. The molecule has 0 aliphatic carbocycles. The second kappa shape index (κ2) is 4.17. The van der Waals surface area contributed by atoms with Crippen molar-refractivity contribution in [3.63, 3.8) is 0 Å². The number of hydrogen-bond donors (Lipinski definition) is 1. The number of nitrogens with zero attached hydrogens (tertiary/aromatic N) is 1. The molecular formula is C14H16N2O. The number of primary amides is 1. The molecule has 3 nitrogen and oxygen atoms in total. The van der Waals surface area contributed by atoms with E-state index in [1.807, 2.05) is 25.1 Å². The second-order valence-corrected chi connectivity index (χ2v) is 4.57. The summed E-state index contributed by atoms with van der Waals surface area (Å²) in [7, 11) is 0. The van der Waals surface area contributed by atoms with Crippen LogP contribution in [0.25, 0.3) is 10.9 Å². The summed E-state index contributed by atoms with van der Waals surface area (Å²) in [5.74, 6) is -0.0323. The topological polar surface area (TPSA) is 56.0 Å². The predicted molar refractivity (Wildman–Crippen MR) is 69.1 cm³/mol. The molecule has 0 spiro atoms. The van der Waals surface area contributed by atoms with Crippen molar-refractivity contribution in [3.05, 3.63) is 41.1 Å². The summed E-state index contributed by atoms with van der Waals surface area (Å²) >= 11 is 0. The van der Waals surface area contributed by atoms with Crippen LogP contribution in [0, 0.1) is 6.92 Å². The molecule has 0 fully saturated rings. The monoisotopic (exact) mass is 228 g/mol. The minimum atomic E-state index is -0.401. The number of para-hydroxylation sites is 1. The van der Waals surface area contributed by atoms with Gasteiger partial charge < -0.3 is 5.73 Å². The molecule has 0 atom stereocenters. The molecule has 1 amide bonds. The average molecular weight is 228 g/mol. The quantitative estimate of drug-likeness (QED) is 0.859. The third kappa shape index (κ3) is 2.00. The maximum atomic E-state index is 11.4. The fraction of sp³-hybridized carbons (Fsp3) is 0.286. The Morgan fingerprint density at radius 2 is 2.06 bits per heavy atom. The summed E-state index contributed by atoms with van der Waals surface area (Å²) in [6.07, 6.45) is 0. The first-order chi connectivity index (χ1) is 8.00. The summed E-state index contributed by atoms with van der Waals surface area (Å²) < 4.78 is 0. The van der Waals surface area contributed by atoms with Crippen LogP contribution in [-0.4, -0.2) is 10.9 Å². The summed E-state index contributed by atoms with van der Waals surface area (Å²) in [5.41, 5.74) is 8.81. The van der Waals surface area contributed by atoms with Crippen molar-refractivity contribution in [3.8, 4) is 0 Å². The lowest BCUT2D eigenvalue weighted by atomic mass is 9.97. The normalized spacial score (nSPS) is 11.1. The van der Waals surface area contributed by atoms with Crippen LogP contribution >= 0.6 is 0 Å². The van der Waals surface area contributed by atoms with E-state index in [1.165, 1.54) is 0 Å². The molecule has 88 valence electrons. The van der Waals surface area contributed by atoms with Gasteiger partial charge in [-0.05, 0) is 24.5 Å². The SMILES string of the molecule is Cc1cc(C(N)=O)c2cccc(C(C)C)c2n1. The molecule has 2 N–H and O–H groups in total. The molecule has 2 aromatic rings. The predicted octanol–water partition coefficient (Wildman–Crippen LogP) is 2.77. The maximum absolute atomic E-state index is 11.4. The first-order valence-corrected chi connectivity index (χ1v) is 5.70. The number of nitrogens with two attached hydrogens (primary N) is 1. The molecule has 3 heteroatoms. The zero-order chi connectivity index (χ0) is 12.6. The summed E-state index contributed by atoms with van der Waals surface area (Å²) in [4.78, 5) is 16.0. The fourth-order valence-corrected chi connectivity index (χ4v) is 2.07. The Labute approximate surface area is 101 Å². The summed E-state index contributed by atoms with van der Waals surface area (Å²) in [6.45, 7) is 6.11. The summed E-state index contributed by atoms with van der Waals surface area (Å²) in [6, 6.07) is 7.63. The molecule has 1 heterocycles. The van der Waals surface area contributed by atoms with Crippen molar-refractivity contribution in [2.45, 2.75) is 26.7 Å². The second-order valence-electron chi connectivity index (χ2n) is 4.57. The van der Waals surface area contributed by atoms with Gasteiger partial charge in [-0.15, -0.1) is 0 Å². The van der Waals surface area contributed by atoms with E-state index >= 15 is 0 Å². The van der Waals surface area contributed by atoms with Gasteiger partial charge in [0.2, 0.25) is 5.91 Å². The van der Waals surface area contributed by atoms with Gasteiger partial charge in [-0.1, -0.05) is 32.0 Å². The van der Waals surface area contributed by atoms with E-state index in [0.29, 0.717) is 11.5 Å². The number of carbonyl (C=O) groups excluding carboxylic acids is 1. The molecule has 0 saturated heterocycles. The zero-order valence-electron chi connectivity index (χ0n) is 10.3. The Kier molecular flexibility index (Phi) is 2.84. The molecule has 1 aromatic heterocycles. The third-order valence-corrected chi connectivity index (χ3v) is 2.89. The Balaban J connectivity index is 2.88. The Bertz CT molecular complexity index is 588. The number of rotatable bonds is 2. The molecule has 0 saturated carbocycles. The lowest BCUT2D eigenvalue weighted by Gasteiger charge is -2.11. The highest BCUT2D eigenvalue weighted by atomic mass is 16.1. The van der Waals surface area contributed by atoms with Crippen molar-refractivity contribution in [2.24, 2.45) is 5.73 Å². The molecule has 0 unspecified atom stereocenters. The molecule has 1 aromatic carbocycles. The van der Waals surface area contributed by atoms with E-state index in [0.717, 1.165) is 22.2 Å². The molecule has 0 bridgehead atoms. The van der Waals surface area contributed by atoms with Gasteiger partial charge in [0.05, 0.1) is 11.1 Å². The lowest BCUT2D eigenvalue weighted by molar-refractivity contribution is 0.100. The van der Waals surface area contributed by atoms with E-state index < -0.39 is 5.91 Å². The van der Waals surface area contributed by atoms with Gasteiger partial charge in [-0.3, -0.25) is 9.78 Å². The minimum absolute atomic E-state index is 0.369. The first-order valence-electron chi connectivity index (χ1n) is 5.70. The molecule has 0 radical (unpaired) electrons. The van der Waals surface area contributed by atoms with Gasteiger partial charge in [0.1, 0.15) is 0 Å². The van der Waals surface area contributed by atoms with E-state index in [-0.39, 0.29) is 0 Å². The first kappa shape index (κ1) is 11.6. The number of benzene rings is 1. The fourth-order valence-electron chi connectivity index (χ4n) is 2.07. The third-order valence-electron chi connectivity index (χ3n) is 2.89. The van der Waals surface area contributed by atoms with Crippen LogP contribution in [0.2, 0.25) is 0 Å². The van der Waals surface area contributed by atoms with Crippen LogP contribution in [0.4, 0.5) is 0 Å². The van der Waals surface area contributed by atoms with Crippen molar-refractivity contribution in [2.75, 3.05) is 0 Å². The number of pyridine rings is 1. The number of carbonyl (C=O) groups is 1. The van der Waals surface area contributed by atoms with Crippen molar-refractivity contribution in [1.29, 1.82) is 0 Å². The Hall–Kier alpha value is -1.90. The Morgan fingerprint density at radius 1 is 1.35 bits per heavy atom. The smallest absolute Gasteiger partial charge is 0.249 e. The summed E-state index contributed by atoms with van der Waals surface area (Å²) in [5, 5.41) is 0.842. The average Bonchev–Trinajstić information content (AvgIpc) is 2.26. The van der Waals surface area contributed by atoms with Crippen LogP contribution in [-0.2, 0) is 0 Å². The van der Waals surface area contributed by atoms with Crippen molar-refractivity contribution >= 4 is 16.8 Å². The number of aromatic nitrogens is 1. The molecule has 0 aliphatic heterocycles. The van der Waals surface area contributed by atoms with Gasteiger partial charge in [0.15, 0.2) is 0 Å². The Morgan fingerprint density at radius 3 is 2.65 bits per heavy atom. The van der Waals surface area contributed by atoms with Gasteiger partial charge in [0, 0.05) is 11.1 Å². The van der Waals surface area contributed by atoms with Crippen LogP contribution in [0.15, 0.2) is 24.3 Å². The van der Waals surface area contributed by atoms with E-state index in [4.69, 9.17) is 5.73 Å². The van der Waals surface area contributed by atoms with E-state index in [9.17, 15) is 4.79 Å². The molecular weight excluding hydrogens is 212 g/mol. The van der Waals surface area contributed by atoms with Gasteiger partial charge in [-0.2, -0.15) is 0 Å². The van der Waals surface area contributed by atoms with Crippen LogP contribution < -0.4 is 5.73 Å². The van der Waals surface area contributed by atoms with E-state index in [2.05, 4.69) is 18.8 Å². The molecule has 0 aliphatic rings. The van der Waals surface area contributed by atoms with Gasteiger partial charge in [0.25, 0.3) is 0 Å². The van der Waals surface area contributed by atoms with Crippen molar-refractivity contribution in [1.82, 2.24) is 4.98 Å². The van der Waals surface area contributed by atoms with Gasteiger partial charge >= 0.3 is 0 Å². The van der Waals surface area contributed by atoms with Gasteiger partial charge in [-0.25, -0.2) is 0 Å². The standard InChI is InChI=1S/C14H16N2O/c1-8(2)10-5-4-6-11-12(14(15)17)7-9(3)16-13(10)11/h4-8H,1-3H3,(H2,15,17). The van der Waals surface area contributed by atoms with E-state index in [1.54, 1.807) is 6.07 Å². The number of hydrogen-bond acceptors (Lipinski definition) is 2.